The van der Waals surface area contributed by atoms with Gasteiger partial charge >= 0.3 is 5.97 Å². The van der Waals surface area contributed by atoms with Crippen LogP contribution in [0, 0.1) is 17.3 Å². The topological polar surface area (TPSA) is 49.3 Å². The molecule has 1 aromatic carbocycles. The maximum Gasteiger partial charge on any atom is 0.303 e. The minimum absolute atomic E-state index is 0.0698. The summed E-state index contributed by atoms with van der Waals surface area (Å²) in [6.07, 6.45) is 4.57. The van der Waals surface area contributed by atoms with Gasteiger partial charge in [-0.3, -0.25) is 4.79 Å². The Labute approximate surface area is 134 Å². The molecule has 1 fully saturated rings. The fourth-order valence-electron chi connectivity index (χ4n) is 4.32. The molecule has 0 amide bonds. The molecule has 1 aliphatic carbocycles. The molecule has 3 heteroatoms. The highest BCUT2D eigenvalue weighted by atomic mass is 16.4. The van der Waals surface area contributed by atoms with Crippen molar-refractivity contribution in [3.8, 4) is 0 Å². The van der Waals surface area contributed by atoms with Gasteiger partial charge in [-0.25, -0.2) is 0 Å². The molecule has 0 aliphatic heterocycles. The Hall–Kier alpha value is -1.35. The first-order valence-electron chi connectivity index (χ1n) is 8.45. The maximum atomic E-state index is 11.3. The van der Waals surface area contributed by atoms with Gasteiger partial charge in [-0.2, -0.15) is 0 Å². The number of aliphatic carboxylic acids is 1. The zero-order chi connectivity index (χ0) is 16.0. The summed E-state index contributed by atoms with van der Waals surface area (Å²) in [6.45, 7) is 6.25. The normalized spacial score (nSPS) is 28.5. The van der Waals surface area contributed by atoms with Crippen LogP contribution in [0.25, 0.3) is 0 Å². The van der Waals surface area contributed by atoms with Crippen LogP contribution in [0.2, 0.25) is 0 Å². The zero-order valence-corrected chi connectivity index (χ0v) is 13.8. The second-order valence-corrected chi connectivity index (χ2v) is 7.34. The summed E-state index contributed by atoms with van der Waals surface area (Å²) in [6, 6.07) is 10.4. The SMILES string of the molecule is C[C@@H]1C[C@H](C)C[C@@](CNCCc2ccccc2)(CC(=O)O)C1. The first-order chi connectivity index (χ1) is 10.5. The molecule has 0 unspecified atom stereocenters. The smallest absolute Gasteiger partial charge is 0.303 e. The molecule has 0 heterocycles. The molecule has 2 rings (SSSR count). The van der Waals surface area contributed by atoms with Gasteiger partial charge in [0.05, 0.1) is 6.42 Å². The van der Waals surface area contributed by atoms with Crippen LogP contribution in [-0.2, 0) is 11.2 Å². The van der Waals surface area contributed by atoms with Gasteiger partial charge in [0.1, 0.15) is 0 Å². The Morgan fingerprint density at radius 2 is 1.86 bits per heavy atom. The average Bonchev–Trinajstić information content (AvgIpc) is 2.43. The Kier molecular flexibility index (Phi) is 6.01. The molecule has 3 nitrogen and oxygen atoms in total. The number of hydrogen-bond donors (Lipinski definition) is 2. The molecule has 22 heavy (non-hydrogen) atoms. The van der Waals surface area contributed by atoms with E-state index < -0.39 is 5.97 Å². The van der Waals surface area contributed by atoms with E-state index in [9.17, 15) is 9.90 Å². The fourth-order valence-corrected chi connectivity index (χ4v) is 4.32. The summed E-state index contributed by atoms with van der Waals surface area (Å²) < 4.78 is 0. The molecule has 0 radical (unpaired) electrons. The first-order valence-corrected chi connectivity index (χ1v) is 8.45. The number of rotatable bonds is 7. The molecular weight excluding hydrogens is 274 g/mol. The third-order valence-electron chi connectivity index (χ3n) is 4.83. The van der Waals surface area contributed by atoms with Gasteiger partial charge in [-0.15, -0.1) is 0 Å². The van der Waals surface area contributed by atoms with Gasteiger partial charge in [0, 0.05) is 6.54 Å². The summed E-state index contributed by atoms with van der Waals surface area (Å²) in [5.74, 6) is 0.587. The summed E-state index contributed by atoms with van der Waals surface area (Å²) in [5.41, 5.74) is 1.26. The third-order valence-corrected chi connectivity index (χ3v) is 4.83. The molecule has 1 saturated carbocycles. The molecule has 3 atom stereocenters. The predicted octanol–water partition coefficient (Wildman–Crippen LogP) is 3.74. The lowest BCUT2D eigenvalue weighted by Gasteiger charge is -2.42. The highest BCUT2D eigenvalue weighted by Gasteiger charge is 2.39. The van der Waals surface area contributed by atoms with E-state index in [0.717, 1.165) is 32.4 Å². The molecule has 2 N–H and O–H groups in total. The fraction of sp³-hybridized carbons (Fsp3) is 0.632. The van der Waals surface area contributed by atoms with Crippen molar-refractivity contribution in [3.05, 3.63) is 35.9 Å². The predicted molar refractivity (Wildman–Crippen MR) is 89.9 cm³/mol. The summed E-state index contributed by atoms with van der Waals surface area (Å²) in [5, 5.41) is 12.8. The lowest BCUT2D eigenvalue weighted by Crippen LogP contribution is -2.42. The van der Waals surface area contributed by atoms with Gasteiger partial charge in [-0.1, -0.05) is 44.2 Å². The minimum atomic E-state index is -0.661. The summed E-state index contributed by atoms with van der Waals surface area (Å²) >= 11 is 0. The van der Waals surface area contributed by atoms with E-state index in [0.29, 0.717) is 18.3 Å². The quantitative estimate of drug-likeness (QED) is 0.755. The lowest BCUT2D eigenvalue weighted by molar-refractivity contribution is -0.140. The number of carboxylic acids is 1. The van der Waals surface area contributed by atoms with Crippen LogP contribution in [-0.4, -0.2) is 24.2 Å². The first kappa shape index (κ1) is 17.0. The summed E-state index contributed by atoms with van der Waals surface area (Å²) in [7, 11) is 0. The van der Waals surface area contributed by atoms with Gasteiger partial charge in [0.25, 0.3) is 0 Å². The monoisotopic (exact) mass is 303 g/mol. The Bertz CT molecular complexity index is 462. The number of benzene rings is 1. The lowest BCUT2D eigenvalue weighted by atomic mass is 9.64. The number of nitrogens with one attached hydrogen (secondary N) is 1. The molecular formula is C19H29NO2. The second-order valence-electron chi connectivity index (χ2n) is 7.34. The summed E-state index contributed by atoms with van der Waals surface area (Å²) in [4.78, 5) is 11.3. The highest BCUT2D eigenvalue weighted by molar-refractivity contribution is 5.67. The van der Waals surface area contributed by atoms with Gasteiger partial charge in [0.2, 0.25) is 0 Å². The van der Waals surface area contributed by atoms with Crippen LogP contribution < -0.4 is 5.32 Å². The highest BCUT2D eigenvalue weighted by Crippen LogP contribution is 2.44. The largest absolute Gasteiger partial charge is 0.481 e. The molecule has 0 aromatic heterocycles. The van der Waals surface area contributed by atoms with E-state index in [1.165, 1.54) is 12.0 Å². The van der Waals surface area contributed by atoms with Crippen LogP contribution in [0.3, 0.4) is 0 Å². The van der Waals surface area contributed by atoms with Gasteiger partial charge in [0.15, 0.2) is 0 Å². The van der Waals surface area contributed by atoms with Gasteiger partial charge in [-0.05, 0) is 55.0 Å². The zero-order valence-electron chi connectivity index (χ0n) is 13.8. The van der Waals surface area contributed by atoms with Crippen molar-refractivity contribution in [1.82, 2.24) is 5.32 Å². The molecule has 1 aliphatic rings. The van der Waals surface area contributed by atoms with Crippen molar-refractivity contribution >= 4 is 5.97 Å². The Balaban J connectivity index is 1.88. The van der Waals surface area contributed by atoms with E-state index >= 15 is 0 Å². The maximum absolute atomic E-state index is 11.3. The number of hydrogen-bond acceptors (Lipinski definition) is 2. The van der Waals surface area contributed by atoms with Crippen LogP contribution in [0.5, 0.6) is 0 Å². The Morgan fingerprint density at radius 3 is 2.45 bits per heavy atom. The van der Waals surface area contributed by atoms with E-state index in [1.807, 2.05) is 6.07 Å². The van der Waals surface area contributed by atoms with Gasteiger partial charge < -0.3 is 10.4 Å². The Morgan fingerprint density at radius 1 is 1.23 bits per heavy atom. The molecule has 0 bridgehead atoms. The van der Waals surface area contributed by atoms with Crippen molar-refractivity contribution in [2.75, 3.05) is 13.1 Å². The van der Waals surface area contributed by atoms with E-state index in [4.69, 9.17) is 0 Å². The van der Waals surface area contributed by atoms with Crippen molar-refractivity contribution in [2.24, 2.45) is 17.3 Å². The van der Waals surface area contributed by atoms with Crippen molar-refractivity contribution < 1.29 is 9.90 Å². The van der Waals surface area contributed by atoms with E-state index in [1.54, 1.807) is 0 Å². The molecule has 122 valence electrons. The van der Waals surface area contributed by atoms with Crippen molar-refractivity contribution in [3.63, 3.8) is 0 Å². The number of carboxylic acid groups (broad SMARTS) is 1. The van der Waals surface area contributed by atoms with Crippen LogP contribution >= 0.6 is 0 Å². The second kappa shape index (κ2) is 7.77. The van der Waals surface area contributed by atoms with Crippen LogP contribution in [0.1, 0.15) is 45.1 Å². The molecule has 0 spiro atoms. The van der Waals surface area contributed by atoms with Crippen LogP contribution in [0.15, 0.2) is 30.3 Å². The number of carbonyl (C=O) groups is 1. The molecule has 0 saturated heterocycles. The van der Waals surface area contributed by atoms with Crippen molar-refractivity contribution in [2.45, 2.75) is 46.0 Å². The van der Waals surface area contributed by atoms with E-state index in [-0.39, 0.29) is 5.41 Å². The van der Waals surface area contributed by atoms with Crippen molar-refractivity contribution in [1.29, 1.82) is 0 Å². The van der Waals surface area contributed by atoms with Crippen LogP contribution in [0.4, 0.5) is 0 Å². The third kappa shape index (κ3) is 5.13. The van der Waals surface area contributed by atoms with E-state index in [2.05, 4.69) is 43.4 Å². The average molecular weight is 303 g/mol. The molecule has 1 aromatic rings. The minimum Gasteiger partial charge on any atom is -0.481 e. The standard InChI is InChI=1S/C19H29NO2/c1-15-10-16(2)12-19(11-15,13-18(21)22)14-20-9-8-17-6-4-3-5-7-17/h3-7,15-16,20H,8-14H2,1-2H3,(H,21,22)/t15-,16+,19-.